The Morgan fingerprint density at radius 2 is 0.902 bits per heavy atom. The van der Waals surface area contributed by atoms with E-state index in [1.54, 1.807) is 0 Å². The Balaban J connectivity index is 1.56. The lowest BCUT2D eigenvalue weighted by molar-refractivity contribution is 1.17. The van der Waals surface area contributed by atoms with Crippen molar-refractivity contribution in [2.24, 2.45) is 0 Å². The second kappa shape index (κ2) is 10.8. The van der Waals surface area contributed by atoms with Crippen LogP contribution in [0.5, 0.6) is 0 Å². The summed E-state index contributed by atoms with van der Waals surface area (Å²) in [5, 5.41) is 1.42. The summed E-state index contributed by atoms with van der Waals surface area (Å²) in [5.41, 5.74) is 11.6. The fraction of sp³-hybridized carbons (Fsp3) is 0.0270. The number of anilines is 6. The van der Waals surface area contributed by atoms with E-state index in [4.69, 9.17) is 23.2 Å². The molecule has 1 aliphatic carbocycles. The van der Waals surface area contributed by atoms with Gasteiger partial charge in [0.25, 0.3) is 0 Å². The van der Waals surface area contributed by atoms with Crippen LogP contribution < -0.4 is 9.80 Å². The summed E-state index contributed by atoms with van der Waals surface area (Å²) in [6.07, 6.45) is 0.842. The predicted molar refractivity (Wildman–Crippen MR) is 174 cm³/mol. The zero-order valence-corrected chi connectivity index (χ0v) is 23.7. The molecule has 2 nitrogen and oxygen atoms in total. The number of nitrogens with zero attached hydrogens (tertiary/aromatic N) is 2. The van der Waals surface area contributed by atoms with Crippen molar-refractivity contribution in [1.29, 1.82) is 0 Å². The molecule has 0 N–H and O–H groups in total. The maximum atomic E-state index is 6.38. The Bertz CT molecular complexity index is 1820. The third-order valence-electron chi connectivity index (χ3n) is 7.60. The molecule has 0 radical (unpaired) electrons. The SMILES string of the molecule is Clc1ccc(N(c2ccccc2)c2ccc3c(c2N(c2ccccc2)c2ccc(Cl)cc2)Cc2ccccc2-3)cc1. The summed E-state index contributed by atoms with van der Waals surface area (Å²) in [4.78, 5) is 4.68. The molecule has 6 aromatic carbocycles. The van der Waals surface area contributed by atoms with Crippen LogP contribution in [0, 0.1) is 0 Å². The highest BCUT2D eigenvalue weighted by Gasteiger charge is 2.30. The molecule has 0 heterocycles. The van der Waals surface area contributed by atoms with E-state index in [2.05, 4.69) is 125 Å². The maximum Gasteiger partial charge on any atom is 0.0744 e. The third kappa shape index (κ3) is 4.76. The number of rotatable bonds is 6. The quantitative estimate of drug-likeness (QED) is 0.197. The summed E-state index contributed by atoms with van der Waals surface area (Å²) >= 11 is 12.7. The first-order chi connectivity index (χ1) is 20.2. The minimum Gasteiger partial charge on any atom is -0.308 e. The Kier molecular flexibility index (Phi) is 6.72. The summed E-state index contributed by atoms with van der Waals surface area (Å²) in [5.74, 6) is 0. The van der Waals surface area contributed by atoms with Crippen LogP contribution >= 0.6 is 23.2 Å². The third-order valence-corrected chi connectivity index (χ3v) is 8.10. The Morgan fingerprint density at radius 3 is 1.51 bits per heavy atom. The van der Waals surface area contributed by atoms with Crippen molar-refractivity contribution >= 4 is 57.3 Å². The Labute approximate surface area is 250 Å². The lowest BCUT2D eigenvalue weighted by Crippen LogP contribution is -2.18. The van der Waals surface area contributed by atoms with E-state index in [0.29, 0.717) is 10.0 Å². The maximum absolute atomic E-state index is 6.38. The van der Waals surface area contributed by atoms with Gasteiger partial charge < -0.3 is 9.80 Å². The monoisotopic (exact) mass is 568 g/mol. The Morgan fingerprint density at radius 1 is 0.415 bits per heavy atom. The molecule has 0 atom stereocenters. The van der Waals surface area contributed by atoms with Gasteiger partial charge in [-0.2, -0.15) is 0 Å². The minimum atomic E-state index is 0.707. The van der Waals surface area contributed by atoms with Gasteiger partial charge in [-0.15, -0.1) is 0 Å². The second-order valence-corrected chi connectivity index (χ2v) is 11.0. The van der Waals surface area contributed by atoms with E-state index in [-0.39, 0.29) is 0 Å². The average molecular weight is 570 g/mol. The van der Waals surface area contributed by atoms with Crippen LogP contribution in [0.15, 0.2) is 146 Å². The highest BCUT2D eigenvalue weighted by molar-refractivity contribution is 6.31. The van der Waals surface area contributed by atoms with Gasteiger partial charge in [-0.05, 0) is 101 Å². The van der Waals surface area contributed by atoms with Crippen LogP contribution in [0.3, 0.4) is 0 Å². The molecule has 0 unspecified atom stereocenters. The van der Waals surface area contributed by atoms with Gasteiger partial charge in [0, 0.05) is 39.2 Å². The van der Waals surface area contributed by atoms with Crippen LogP contribution in [0.2, 0.25) is 10.0 Å². The van der Waals surface area contributed by atoms with Gasteiger partial charge in [-0.1, -0.05) is 89.9 Å². The van der Waals surface area contributed by atoms with E-state index in [1.165, 1.54) is 22.3 Å². The van der Waals surface area contributed by atoms with Crippen LogP contribution in [0.25, 0.3) is 11.1 Å². The summed E-state index contributed by atoms with van der Waals surface area (Å²) < 4.78 is 0. The van der Waals surface area contributed by atoms with Gasteiger partial charge in [-0.3, -0.25) is 0 Å². The molecule has 0 saturated carbocycles. The molecular weight excluding hydrogens is 543 g/mol. The summed E-state index contributed by atoms with van der Waals surface area (Å²) in [6, 6.07) is 50.5. The van der Waals surface area contributed by atoms with Gasteiger partial charge >= 0.3 is 0 Å². The molecule has 1 aliphatic rings. The number of hydrogen-bond donors (Lipinski definition) is 0. The molecule has 0 fully saturated rings. The molecule has 0 amide bonds. The highest BCUT2D eigenvalue weighted by Crippen LogP contribution is 2.52. The lowest BCUT2D eigenvalue weighted by Gasteiger charge is -2.35. The molecule has 0 spiro atoms. The van der Waals surface area contributed by atoms with Gasteiger partial charge in [0.2, 0.25) is 0 Å². The number of benzene rings is 6. The molecule has 4 heteroatoms. The van der Waals surface area contributed by atoms with E-state index in [0.717, 1.165) is 40.5 Å². The van der Waals surface area contributed by atoms with Crippen LogP contribution in [0.1, 0.15) is 11.1 Å². The largest absolute Gasteiger partial charge is 0.308 e. The molecule has 41 heavy (non-hydrogen) atoms. The van der Waals surface area contributed by atoms with Crippen molar-refractivity contribution in [3.8, 4) is 11.1 Å². The predicted octanol–water partition coefficient (Wildman–Crippen LogP) is 11.5. The lowest BCUT2D eigenvalue weighted by atomic mass is 10.00. The van der Waals surface area contributed by atoms with Crippen molar-refractivity contribution < 1.29 is 0 Å². The van der Waals surface area contributed by atoms with E-state index < -0.39 is 0 Å². The molecule has 0 aromatic heterocycles. The van der Waals surface area contributed by atoms with Gasteiger partial charge in [-0.25, -0.2) is 0 Å². The molecule has 0 bridgehead atoms. The summed E-state index contributed by atoms with van der Waals surface area (Å²) in [6.45, 7) is 0. The van der Waals surface area contributed by atoms with Crippen molar-refractivity contribution in [3.63, 3.8) is 0 Å². The van der Waals surface area contributed by atoms with Gasteiger partial charge in [0.1, 0.15) is 0 Å². The number of fused-ring (bicyclic) bond motifs is 3. The Hall–Kier alpha value is -4.50. The minimum absolute atomic E-state index is 0.707. The smallest absolute Gasteiger partial charge is 0.0744 e. The number of para-hydroxylation sites is 2. The first kappa shape index (κ1) is 25.5. The van der Waals surface area contributed by atoms with Crippen molar-refractivity contribution in [3.05, 3.63) is 167 Å². The van der Waals surface area contributed by atoms with Gasteiger partial charge in [0.05, 0.1) is 11.4 Å². The van der Waals surface area contributed by atoms with Crippen LogP contribution in [-0.2, 0) is 6.42 Å². The molecule has 198 valence electrons. The second-order valence-electron chi connectivity index (χ2n) is 10.1. The van der Waals surface area contributed by atoms with Crippen molar-refractivity contribution in [1.82, 2.24) is 0 Å². The zero-order chi connectivity index (χ0) is 27.8. The zero-order valence-electron chi connectivity index (χ0n) is 22.2. The molecular formula is C37H26Cl2N2. The van der Waals surface area contributed by atoms with Crippen LogP contribution in [-0.4, -0.2) is 0 Å². The molecule has 7 rings (SSSR count). The highest BCUT2D eigenvalue weighted by atomic mass is 35.5. The van der Waals surface area contributed by atoms with E-state index >= 15 is 0 Å². The van der Waals surface area contributed by atoms with E-state index in [1.807, 2.05) is 30.3 Å². The van der Waals surface area contributed by atoms with E-state index in [9.17, 15) is 0 Å². The first-order valence-corrected chi connectivity index (χ1v) is 14.4. The topological polar surface area (TPSA) is 6.48 Å². The number of hydrogen-bond acceptors (Lipinski definition) is 2. The average Bonchev–Trinajstić information content (AvgIpc) is 3.40. The summed E-state index contributed by atoms with van der Waals surface area (Å²) in [7, 11) is 0. The fourth-order valence-corrected chi connectivity index (χ4v) is 6.03. The molecule has 0 saturated heterocycles. The normalized spacial score (nSPS) is 11.6. The first-order valence-electron chi connectivity index (χ1n) is 13.6. The number of halogens is 2. The molecule has 0 aliphatic heterocycles. The molecule has 6 aromatic rings. The van der Waals surface area contributed by atoms with Gasteiger partial charge in [0.15, 0.2) is 0 Å². The standard InChI is InChI=1S/C37H26Cl2N2/c38-27-15-19-31(20-16-27)40(29-10-3-1-4-11-29)36-24-23-34-33-14-8-7-9-26(33)25-35(34)37(36)41(30-12-5-2-6-13-30)32-21-17-28(39)18-22-32/h1-24H,25H2. The van der Waals surface area contributed by atoms with Crippen LogP contribution in [0.4, 0.5) is 34.1 Å². The van der Waals surface area contributed by atoms with Crippen molar-refractivity contribution in [2.45, 2.75) is 6.42 Å². The fourth-order valence-electron chi connectivity index (χ4n) is 5.78. The van der Waals surface area contributed by atoms with Crippen molar-refractivity contribution in [2.75, 3.05) is 9.80 Å².